The SMILES string of the molecule is Nc1cc(S(=O)(=O)[O-])c2cc(N)cc(S(=O)(=O)[O-])c2c1.[Na+].[Na+]. The molecule has 0 atom stereocenters. The number of anilines is 2. The number of nitrogens with two attached hydrogens (primary N) is 2. The molecule has 0 fully saturated rings. The van der Waals surface area contributed by atoms with E-state index in [4.69, 9.17) is 11.5 Å². The van der Waals surface area contributed by atoms with Crippen molar-refractivity contribution in [3.05, 3.63) is 24.3 Å². The standard InChI is InChI=1S/C10H10N2O6S2.2Na/c11-5-1-7-8(10(3-5)20(16,17)18)2-6(12)4-9(7)19(13,14)15;;/h1-4H,11-12H2,(H,13,14,15)(H,16,17,18);;/q;2*+1/p-2. The van der Waals surface area contributed by atoms with Crippen molar-refractivity contribution in [3.63, 3.8) is 0 Å². The van der Waals surface area contributed by atoms with Crippen LogP contribution in [0.25, 0.3) is 10.8 Å². The Balaban J connectivity index is 0.00000220. The van der Waals surface area contributed by atoms with Crippen LogP contribution in [0.4, 0.5) is 11.4 Å². The predicted molar refractivity (Wildman–Crippen MR) is 68.7 cm³/mol. The summed E-state index contributed by atoms with van der Waals surface area (Å²) in [5.74, 6) is 0. The molecule has 12 heteroatoms. The number of fused-ring (bicyclic) bond motifs is 1. The van der Waals surface area contributed by atoms with Gasteiger partial charge in [0.15, 0.2) is 0 Å². The predicted octanol–water partition coefficient (Wildman–Crippen LogP) is -6.18. The molecule has 0 radical (unpaired) electrons. The minimum atomic E-state index is -4.91. The molecule has 0 spiro atoms. The van der Waals surface area contributed by atoms with E-state index >= 15 is 0 Å². The quantitative estimate of drug-likeness (QED) is 0.302. The molecular weight excluding hydrogens is 354 g/mol. The van der Waals surface area contributed by atoms with Gasteiger partial charge in [0.2, 0.25) is 0 Å². The van der Waals surface area contributed by atoms with Gasteiger partial charge in [-0.15, -0.1) is 0 Å². The van der Waals surface area contributed by atoms with Crippen molar-refractivity contribution in [2.24, 2.45) is 0 Å². The van der Waals surface area contributed by atoms with E-state index in [9.17, 15) is 25.9 Å². The van der Waals surface area contributed by atoms with Crippen molar-refractivity contribution in [3.8, 4) is 0 Å². The third-order valence-corrected chi connectivity index (χ3v) is 4.33. The molecule has 0 aliphatic heterocycles. The molecule has 0 saturated carbocycles. The molecule has 0 saturated heterocycles. The summed E-state index contributed by atoms with van der Waals surface area (Å²) < 4.78 is 67.2. The number of hydrogen-bond donors (Lipinski definition) is 2. The first-order valence-electron chi connectivity index (χ1n) is 5.04. The van der Waals surface area contributed by atoms with Crippen molar-refractivity contribution in [2.75, 3.05) is 11.5 Å². The Bertz CT molecular complexity index is 851. The molecule has 0 unspecified atom stereocenters. The fraction of sp³-hybridized carbons (Fsp3) is 0. The topological polar surface area (TPSA) is 166 Å². The zero-order valence-corrected chi connectivity index (χ0v) is 17.4. The fourth-order valence-corrected chi connectivity index (χ4v) is 3.29. The van der Waals surface area contributed by atoms with Crippen molar-refractivity contribution >= 4 is 42.4 Å². The van der Waals surface area contributed by atoms with Gasteiger partial charge >= 0.3 is 59.1 Å². The van der Waals surface area contributed by atoms with Gasteiger partial charge in [-0.2, -0.15) is 0 Å². The third kappa shape index (κ3) is 4.57. The monoisotopic (exact) mass is 362 g/mol. The first-order valence-corrected chi connectivity index (χ1v) is 7.86. The number of benzene rings is 2. The smallest absolute Gasteiger partial charge is 0.744 e. The molecule has 0 aromatic heterocycles. The number of rotatable bonds is 2. The maximum absolute atomic E-state index is 11.2. The Morgan fingerprint density at radius 2 is 0.955 bits per heavy atom. The summed E-state index contributed by atoms with van der Waals surface area (Å²) in [6.45, 7) is 0. The van der Waals surface area contributed by atoms with Gasteiger partial charge in [0, 0.05) is 22.1 Å². The molecule has 8 nitrogen and oxygen atoms in total. The van der Waals surface area contributed by atoms with Gasteiger partial charge < -0.3 is 20.6 Å². The Morgan fingerprint density at radius 1 is 0.682 bits per heavy atom. The molecule has 0 heterocycles. The zero-order chi connectivity index (χ0) is 15.3. The van der Waals surface area contributed by atoms with Crippen molar-refractivity contribution < 1.29 is 85.1 Å². The zero-order valence-electron chi connectivity index (χ0n) is 11.7. The molecular formula is C10H8N2Na2O6S2. The molecule has 2 aromatic rings. The van der Waals surface area contributed by atoms with Crippen LogP contribution in [0.2, 0.25) is 0 Å². The van der Waals surface area contributed by atoms with E-state index in [1.54, 1.807) is 0 Å². The van der Waals surface area contributed by atoms with Crippen LogP contribution in [-0.4, -0.2) is 25.9 Å². The second kappa shape index (κ2) is 7.34. The molecule has 0 aliphatic rings. The summed E-state index contributed by atoms with van der Waals surface area (Å²) in [6, 6.07) is 3.94. The molecule has 0 amide bonds. The van der Waals surface area contributed by atoms with Crippen LogP contribution < -0.4 is 70.6 Å². The van der Waals surface area contributed by atoms with Gasteiger partial charge in [0.25, 0.3) is 0 Å². The van der Waals surface area contributed by atoms with Gasteiger partial charge in [0.05, 0.1) is 9.79 Å². The average molecular weight is 362 g/mol. The van der Waals surface area contributed by atoms with Crippen LogP contribution in [0, 0.1) is 0 Å². The van der Waals surface area contributed by atoms with Crippen LogP contribution in [-0.2, 0) is 20.2 Å². The van der Waals surface area contributed by atoms with E-state index in [0.29, 0.717) is 0 Å². The van der Waals surface area contributed by atoms with E-state index in [1.807, 2.05) is 0 Å². The van der Waals surface area contributed by atoms with Crippen molar-refractivity contribution in [1.29, 1.82) is 0 Å². The molecule has 2 aromatic carbocycles. The molecule has 22 heavy (non-hydrogen) atoms. The van der Waals surface area contributed by atoms with E-state index < -0.39 is 30.0 Å². The Labute approximate surface area is 171 Å². The van der Waals surface area contributed by atoms with Crippen LogP contribution in [0.3, 0.4) is 0 Å². The number of hydrogen-bond acceptors (Lipinski definition) is 8. The molecule has 0 aliphatic carbocycles. The average Bonchev–Trinajstić information content (AvgIpc) is 2.25. The van der Waals surface area contributed by atoms with Crippen molar-refractivity contribution in [1.82, 2.24) is 0 Å². The maximum Gasteiger partial charge on any atom is 1.00 e. The van der Waals surface area contributed by atoms with E-state index in [-0.39, 0.29) is 81.3 Å². The molecule has 2 rings (SSSR count). The van der Waals surface area contributed by atoms with E-state index in [1.165, 1.54) is 0 Å². The summed E-state index contributed by atoms with van der Waals surface area (Å²) in [5.41, 5.74) is 10.5. The first-order chi connectivity index (χ1) is 9.00. The van der Waals surface area contributed by atoms with Gasteiger partial charge in [-0.1, -0.05) is 0 Å². The second-order valence-corrected chi connectivity index (χ2v) is 6.74. The van der Waals surface area contributed by atoms with E-state index in [2.05, 4.69) is 0 Å². The largest absolute Gasteiger partial charge is 1.00 e. The minimum Gasteiger partial charge on any atom is -0.744 e. The second-order valence-electron chi connectivity index (χ2n) is 4.04. The third-order valence-electron chi connectivity index (χ3n) is 2.58. The van der Waals surface area contributed by atoms with E-state index in [0.717, 1.165) is 24.3 Å². The minimum absolute atomic E-state index is 0. The Morgan fingerprint density at radius 3 is 1.18 bits per heavy atom. The van der Waals surface area contributed by atoms with Gasteiger partial charge in [-0.05, 0) is 24.3 Å². The van der Waals surface area contributed by atoms with Crippen LogP contribution in [0.5, 0.6) is 0 Å². The van der Waals surface area contributed by atoms with Gasteiger partial charge in [-0.3, -0.25) is 0 Å². The Hall–Kier alpha value is 0.120. The molecule has 0 bridgehead atoms. The summed E-state index contributed by atoms with van der Waals surface area (Å²) in [4.78, 5) is -1.46. The maximum atomic E-state index is 11.2. The first kappa shape index (κ1) is 22.1. The van der Waals surface area contributed by atoms with Crippen molar-refractivity contribution in [2.45, 2.75) is 9.79 Å². The van der Waals surface area contributed by atoms with Crippen LogP contribution >= 0.6 is 0 Å². The fourth-order valence-electron chi connectivity index (χ4n) is 1.85. The summed E-state index contributed by atoms with van der Waals surface area (Å²) in [5, 5.41) is -0.521. The van der Waals surface area contributed by atoms with Crippen LogP contribution in [0.1, 0.15) is 0 Å². The van der Waals surface area contributed by atoms with Crippen LogP contribution in [0.15, 0.2) is 34.1 Å². The number of nitrogen functional groups attached to an aromatic ring is 2. The molecule has 108 valence electrons. The normalized spacial score (nSPS) is 11.5. The van der Waals surface area contributed by atoms with Gasteiger partial charge in [0.1, 0.15) is 20.2 Å². The summed E-state index contributed by atoms with van der Waals surface area (Å²) >= 11 is 0. The Kier molecular flexibility index (Phi) is 7.38. The summed E-state index contributed by atoms with van der Waals surface area (Å²) in [7, 11) is -9.83. The van der Waals surface area contributed by atoms with Gasteiger partial charge in [-0.25, -0.2) is 16.8 Å². The molecule has 4 N–H and O–H groups in total. The summed E-state index contributed by atoms with van der Waals surface area (Å²) in [6.07, 6.45) is 0.